The van der Waals surface area contributed by atoms with E-state index in [0.29, 0.717) is 11.1 Å². The first kappa shape index (κ1) is 20.6. The Hall–Kier alpha value is -3.11. The van der Waals surface area contributed by atoms with Gasteiger partial charge < -0.3 is 5.32 Å². The van der Waals surface area contributed by atoms with Crippen molar-refractivity contribution in [3.05, 3.63) is 70.4 Å². The minimum atomic E-state index is -4.53. The van der Waals surface area contributed by atoms with E-state index in [1.54, 1.807) is 6.07 Å². The highest BCUT2D eigenvalue weighted by molar-refractivity contribution is 6.30. The lowest BCUT2D eigenvalue weighted by Gasteiger charge is -2.13. The van der Waals surface area contributed by atoms with Crippen molar-refractivity contribution in [1.29, 1.82) is 5.26 Å². The lowest BCUT2D eigenvalue weighted by atomic mass is 9.99. The molecule has 1 amide bonds. The number of hydrogen-bond donors (Lipinski definition) is 1. The molecule has 2 aromatic carbocycles. The van der Waals surface area contributed by atoms with Crippen molar-refractivity contribution >= 4 is 34.1 Å². The average molecular weight is 418 g/mol. The molecule has 1 atom stereocenters. The molecule has 3 aromatic rings. The van der Waals surface area contributed by atoms with Crippen LogP contribution in [-0.2, 0) is 17.4 Å². The van der Waals surface area contributed by atoms with Gasteiger partial charge in [-0.2, -0.15) is 18.4 Å². The molecule has 1 N–H and O–H groups in total. The van der Waals surface area contributed by atoms with Crippen LogP contribution in [0.5, 0.6) is 0 Å². The van der Waals surface area contributed by atoms with Crippen LogP contribution in [0.15, 0.2) is 48.5 Å². The quantitative estimate of drug-likeness (QED) is 0.567. The minimum Gasteiger partial charge on any atom is -0.325 e. The maximum absolute atomic E-state index is 12.8. The van der Waals surface area contributed by atoms with Crippen LogP contribution in [0.3, 0.4) is 0 Å². The fourth-order valence-electron chi connectivity index (χ4n) is 2.86. The molecule has 0 radical (unpaired) electrons. The van der Waals surface area contributed by atoms with E-state index in [9.17, 15) is 23.2 Å². The topological polar surface area (TPSA) is 65.8 Å². The summed E-state index contributed by atoms with van der Waals surface area (Å²) in [4.78, 5) is 16.8. The Morgan fingerprint density at radius 1 is 1.24 bits per heavy atom. The zero-order valence-corrected chi connectivity index (χ0v) is 16.0. The number of amides is 1. The van der Waals surface area contributed by atoms with Crippen LogP contribution >= 0.6 is 11.6 Å². The second-order valence-electron chi connectivity index (χ2n) is 6.59. The van der Waals surface area contributed by atoms with Crippen LogP contribution in [0.1, 0.15) is 16.7 Å². The number of benzene rings is 2. The van der Waals surface area contributed by atoms with E-state index in [2.05, 4.69) is 10.3 Å². The monoisotopic (exact) mass is 417 g/mol. The number of halogens is 4. The Labute approximate surface area is 169 Å². The summed E-state index contributed by atoms with van der Waals surface area (Å²) < 4.78 is 38.5. The number of aromatic nitrogens is 1. The van der Waals surface area contributed by atoms with Crippen LogP contribution < -0.4 is 5.32 Å². The molecule has 148 valence electrons. The fraction of sp³-hybridized carbons (Fsp3) is 0.190. The molecule has 1 heterocycles. The molecule has 0 fully saturated rings. The van der Waals surface area contributed by atoms with Crippen molar-refractivity contribution in [3.63, 3.8) is 0 Å². The van der Waals surface area contributed by atoms with E-state index in [-0.39, 0.29) is 17.3 Å². The number of carbonyl (C=O) groups excluding carboxylic acids is 1. The largest absolute Gasteiger partial charge is 0.416 e. The summed E-state index contributed by atoms with van der Waals surface area (Å²) in [6.07, 6.45) is -4.55. The number of nitrogens with zero attached hydrogens (tertiary/aromatic N) is 2. The average Bonchev–Trinajstić information content (AvgIpc) is 2.65. The van der Waals surface area contributed by atoms with Crippen molar-refractivity contribution in [3.8, 4) is 6.07 Å². The number of pyridine rings is 1. The molecule has 8 heteroatoms. The van der Waals surface area contributed by atoms with Crippen LogP contribution in [-0.4, -0.2) is 10.9 Å². The number of nitrogens with one attached hydrogen (secondary N) is 1. The Balaban J connectivity index is 1.81. The van der Waals surface area contributed by atoms with Gasteiger partial charge in [-0.1, -0.05) is 29.8 Å². The second kappa shape index (κ2) is 8.10. The number of fused-ring (bicyclic) bond motifs is 1. The summed E-state index contributed by atoms with van der Waals surface area (Å²) in [5.41, 5.74) is 1.29. The van der Waals surface area contributed by atoms with Gasteiger partial charge in [0, 0.05) is 17.5 Å². The first-order valence-electron chi connectivity index (χ1n) is 8.61. The summed E-state index contributed by atoms with van der Waals surface area (Å²) in [6.45, 7) is 1.92. The molecule has 4 nitrogen and oxygen atoms in total. The molecule has 0 aliphatic heterocycles. The molecule has 1 aromatic heterocycles. The third-order valence-electron chi connectivity index (χ3n) is 4.35. The van der Waals surface area contributed by atoms with Gasteiger partial charge in [0.15, 0.2) is 0 Å². The molecular weight excluding hydrogens is 403 g/mol. The molecule has 0 saturated heterocycles. The summed E-state index contributed by atoms with van der Waals surface area (Å²) >= 11 is 6.22. The van der Waals surface area contributed by atoms with Crippen LogP contribution in [0.25, 0.3) is 10.9 Å². The summed E-state index contributed by atoms with van der Waals surface area (Å²) in [5.74, 6) is -1.86. The van der Waals surface area contributed by atoms with Gasteiger partial charge in [-0.25, -0.2) is 4.98 Å². The zero-order valence-electron chi connectivity index (χ0n) is 15.2. The summed E-state index contributed by atoms with van der Waals surface area (Å²) in [5, 5.41) is 12.8. The van der Waals surface area contributed by atoms with Crippen LogP contribution in [0.2, 0.25) is 5.15 Å². The Kier molecular flexibility index (Phi) is 5.76. The lowest BCUT2D eigenvalue weighted by molar-refractivity contribution is -0.137. The molecule has 0 aliphatic rings. The Bertz CT molecular complexity index is 1120. The van der Waals surface area contributed by atoms with Gasteiger partial charge in [-0.15, -0.1) is 0 Å². The van der Waals surface area contributed by atoms with Crippen LogP contribution in [0.4, 0.5) is 18.9 Å². The maximum Gasteiger partial charge on any atom is 0.416 e. The van der Waals surface area contributed by atoms with Gasteiger partial charge in [-0.3, -0.25) is 4.79 Å². The molecule has 0 aliphatic carbocycles. The predicted octanol–water partition coefficient (Wildman–Crippen LogP) is 5.54. The standard InChI is InChI=1S/C21H15ClF3N3O/c1-12-5-6-13-8-14(19(22)28-18(13)7-12)9-15(11-26)20(29)27-17-4-2-3-16(10-17)21(23,24)25/h2-8,10,15H,9H2,1H3,(H,27,29). The molecule has 1 unspecified atom stereocenters. The van der Waals surface area contributed by atoms with Gasteiger partial charge in [0.25, 0.3) is 0 Å². The van der Waals surface area contributed by atoms with Crippen molar-refractivity contribution in [2.24, 2.45) is 5.92 Å². The smallest absolute Gasteiger partial charge is 0.325 e. The Morgan fingerprint density at radius 3 is 2.69 bits per heavy atom. The number of nitriles is 1. The number of alkyl halides is 3. The van der Waals surface area contributed by atoms with E-state index < -0.39 is 23.6 Å². The van der Waals surface area contributed by atoms with Gasteiger partial charge in [0.05, 0.1) is 17.1 Å². The first-order chi connectivity index (χ1) is 13.7. The number of aryl methyl sites for hydroxylation is 1. The molecule has 0 saturated carbocycles. The summed E-state index contributed by atoms with van der Waals surface area (Å²) in [6, 6.07) is 13.5. The first-order valence-corrected chi connectivity index (χ1v) is 8.98. The van der Waals surface area contributed by atoms with E-state index in [0.717, 1.165) is 23.1 Å². The van der Waals surface area contributed by atoms with Gasteiger partial charge in [0.1, 0.15) is 11.1 Å². The third-order valence-corrected chi connectivity index (χ3v) is 4.68. The van der Waals surface area contributed by atoms with Crippen molar-refractivity contribution in [2.75, 3.05) is 5.32 Å². The summed E-state index contributed by atoms with van der Waals surface area (Å²) in [7, 11) is 0. The molecular formula is C21H15ClF3N3O. The van der Waals surface area contributed by atoms with Gasteiger partial charge in [0.2, 0.25) is 5.91 Å². The molecule has 29 heavy (non-hydrogen) atoms. The van der Waals surface area contributed by atoms with E-state index in [4.69, 9.17) is 11.6 Å². The zero-order chi connectivity index (χ0) is 21.2. The second-order valence-corrected chi connectivity index (χ2v) is 6.95. The maximum atomic E-state index is 12.8. The number of rotatable bonds is 4. The highest BCUT2D eigenvalue weighted by atomic mass is 35.5. The molecule has 3 rings (SSSR count). The highest BCUT2D eigenvalue weighted by Gasteiger charge is 2.30. The van der Waals surface area contributed by atoms with Crippen LogP contribution in [0, 0.1) is 24.2 Å². The highest BCUT2D eigenvalue weighted by Crippen LogP contribution is 2.31. The van der Waals surface area contributed by atoms with E-state index >= 15 is 0 Å². The van der Waals surface area contributed by atoms with Gasteiger partial charge >= 0.3 is 6.18 Å². The normalized spacial score (nSPS) is 12.4. The van der Waals surface area contributed by atoms with Gasteiger partial charge in [-0.05, 0) is 48.4 Å². The predicted molar refractivity (Wildman–Crippen MR) is 104 cm³/mol. The molecule has 0 spiro atoms. The Morgan fingerprint density at radius 2 is 2.00 bits per heavy atom. The SMILES string of the molecule is Cc1ccc2cc(CC(C#N)C(=O)Nc3cccc(C(F)(F)F)c3)c(Cl)nc2c1. The fourth-order valence-corrected chi connectivity index (χ4v) is 3.08. The number of anilines is 1. The van der Waals surface area contributed by atoms with Crippen molar-refractivity contribution < 1.29 is 18.0 Å². The van der Waals surface area contributed by atoms with Crippen molar-refractivity contribution in [1.82, 2.24) is 4.98 Å². The third kappa shape index (κ3) is 4.84. The lowest BCUT2D eigenvalue weighted by Crippen LogP contribution is -2.24. The molecule has 0 bridgehead atoms. The number of hydrogen-bond acceptors (Lipinski definition) is 3. The van der Waals surface area contributed by atoms with E-state index in [1.807, 2.05) is 31.2 Å². The van der Waals surface area contributed by atoms with E-state index in [1.165, 1.54) is 12.1 Å². The number of carbonyl (C=O) groups is 1. The minimum absolute atomic E-state index is 0.0169. The van der Waals surface area contributed by atoms with Crippen molar-refractivity contribution in [2.45, 2.75) is 19.5 Å².